The molecular weight excluding hydrogens is 320 g/mol. The van der Waals surface area contributed by atoms with Crippen LogP contribution in [0.2, 0.25) is 0 Å². The Hall–Kier alpha value is -2.08. The van der Waals surface area contributed by atoms with Crippen LogP contribution in [0.5, 0.6) is 5.75 Å². The first-order chi connectivity index (χ1) is 11.8. The van der Waals surface area contributed by atoms with Crippen LogP contribution in [0.1, 0.15) is 57.6 Å². The number of hydrazine groups is 1. The lowest BCUT2D eigenvalue weighted by Crippen LogP contribution is -2.40. The summed E-state index contributed by atoms with van der Waals surface area (Å²) < 4.78 is 11.1. The van der Waals surface area contributed by atoms with Crippen molar-refractivity contribution in [2.75, 3.05) is 6.61 Å². The van der Waals surface area contributed by atoms with E-state index < -0.39 is 5.60 Å². The van der Waals surface area contributed by atoms with Crippen LogP contribution in [-0.4, -0.2) is 24.1 Å². The number of carbonyl (C=O) groups is 2. The predicted octanol–water partition coefficient (Wildman–Crippen LogP) is 2.81. The molecule has 0 aromatic heterocycles. The third kappa shape index (κ3) is 7.13. The molecule has 6 heteroatoms. The van der Waals surface area contributed by atoms with Crippen LogP contribution in [-0.2, 0) is 20.7 Å². The Labute approximate surface area is 150 Å². The zero-order valence-electron chi connectivity index (χ0n) is 15.7. The summed E-state index contributed by atoms with van der Waals surface area (Å²) in [7, 11) is 0. The van der Waals surface area contributed by atoms with E-state index in [-0.39, 0.29) is 11.9 Å². The molecule has 0 aliphatic rings. The lowest BCUT2D eigenvalue weighted by molar-refractivity contribution is -0.159. The van der Waals surface area contributed by atoms with Crippen LogP contribution >= 0.6 is 0 Å². The number of nitrogens with two attached hydrogens (primary N) is 1. The van der Waals surface area contributed by atoms with Gasteiger partial charge in [0.1, 0.15) is 5.75 Å². The van der Waals surface area contributed by atoms with E-state index in [1.807, 2.05) is 32.0 Å². The molecule has 0 bridgehead atoms. The number of esters is 1. The molecule has 0 aliphatic heterocycles. The van der Waals surface area contributed by atoms with Gasteiger partial charge in [0.05, 0.1) is 6.61 Å². The van der Waals surface area contributed by atoms with E-state index >= 15 is 0 Å². The molecule has 3 N–H and O–H groups in total. The van der Waals surface area contributed by atoms with Gasteiger partial charge in [0.2, 0.25) is 5.91 Å². The number of ether oxygens (including phenoxy) is 2. The van der Waals surface area contributed by atoms with E-state index in [1.165, 1.54) is 0 Å². The molecule has 140 valence electrons. The van der Waals surface area contributed by atoms with Gasteiger partial charge in [-0.1, -0.05) is 25.5 Å². The van der Waals surface area contributed by atoms with Gasteiger partial charge >= 0.3 is 5.97 Å². The number of hydrogen-bond acceptors (Lipinski definition) is 5. The molecule has 0 fully saturated rings. The zero-order chi connectivity index (χ0) is 18.9. The van der Waals surface area contributed by atoms with Crippen molar-refractivity contribution in [1.82, 2.24) is 5.43 Å². The monoisotopic (exact) mass is 350 g/mol. The van der Waals surface area contributed by atoms with E-state index in [9.17, 15) is 9.59 Å². The van der Waals surface area contributed by atoms with E-state index in [4.69, 9.17) is 15.3 Å². The summed E-state index contributed by atoms with van der Waals surface area (Å²) in [5.41, 5.74) is 3.13. The highest BCUT2D eigenvalue weighted by Gasteiger charge is 2.32. The van der Waals surface area contributed by atoms with E-state index in [2.05, 4.69) is 5.43 Å². The summed E-state index contributed by atoms with van der Waals surface area (Å²) in [5.74, 6) is 5.19. The first-order valence-electron chi connectivity index (χ1n) is 8.75. The number of rotatable bonds is 10. The van der Waals surface area contributed by atoms with Crippen molar-refractivity contribution in [2.24, 2.45) is 5.84 Å². The number of hydrogen-bond donors (Lipinski definition) is 2. The van der Waals surface area contributed by atoms with Gasteiger partial charge in [-0.3, -0.25) is 10.2 Å². The molecule has 6 nitrogen and oxygen atoms in total. The second-order valence-corrected chi connectivity index (χ2v) is 6.62. The number of carbonyl (C=O) groups excluding carboxylic acids is 2. The maximum Gasteiger partial charge on any atom is 0.349 e. The number of benzene rings is 1. The Kier molecular flexibility index (Phi) is 8.41. The molecule has 0 unspecified atom stereocenters. The van der Waals surface area contributed by atoms with E-state index in [0.29, 0.717) is 18.8 Å². The summed E-state index contributed by atoms with van der Waals surface area (Å²) >= 11 is 0. The maximum absolute atomic E-state index is 12.2. The minimum Gasteiger partial charge on any atom is -0.476 e. The van der Waals surface area contributed by atoms with Crippen molar-refractivity contribution < 1.29 is 19.1 Å². The second kappa shape index (κ2) is 10.0. The average Bonchev–Trinajstić information content (AvgIpc) is 2.57. The molecule has 1 aromatic rings. The Bertz CT molecular complexity index is 585. The second-order valence-electron chi connectivity index (χ2n) is 6.62. The fraction of sp³-hybridized carbons (Fsp3) is 0.579. The largest absolute Gasteiger partial charge is 0.476 e. The number of aryl methyl sites for hydroxylation is 2. The van der Waals surface area contributed by atoms with Gasteiger partial charge in [-0.2, -0.15) is 0 Å². The Morgan fingerprint density at radius 1 is 1.24 bits per heavy atom. The summed E-state index contributed by atoms with van der Waals surface area (Å²) in [6.07, 6.45) is 3.71. The molecule has 1 aromatic carbocycles. The molecule has 0 atom stereocenters. The van der Waals surface area contributed by atoms with Crippen molar-refractivity contribution in [3.05, 3.63) is 29.3 Å². The van der Waals surface area contributed by atoms with Crippen LogP contribution in [0.4, 0.5) is 0 Å². The Balaban J connectivity index is 2.64. The fourth-order valence-electron chi connectivity index (χ4n) is 2.31. The van der Waals surface area contributed by atoms with Gasteiger partial charge < -0.3 is 9.47 Å². The molecule has 1 rings (SSSR count). The van der Waals surface area contributed by atoms with Crippen LogP contribution in [0.3, 0.4) is 0 Å². The topological polar surface area (TPSA) is 90.6 Å². The zero-order valence-corrected chi connectivity index (χ0v) is 15.7. The highest BCUT2D eigenvalue weighted by molar-refractivity contribution is 5.79. The van der Waals surface area contributed by atoms with Gasteiger partial charge in [0.25, 0.3) is 0 Å². The first-order valence-corrected chi connectivity index (χ1v) is 8.75. The molecule has 0 saturated heterocycles. The van der Waals surface area contributed by atoms with Crippen molar-refractivity contribution >= 4 is 11.9 Å². The molecule has 25 heavy (non-hydrogen) atoms. The Morgan fingerprint density at radius 2 is 1.96 bits per heavy atom. The molecule has 0 spiro atoms. The highest BCUT2D eigenvalue weighted by Crippen LogP contribution is 2.25. The van der Waals surface area contributed by atoms with Crippen LogP contribution in [0, 0.1) is 6.92 Å². The molecule has 0 saturated carbocycles. The fourth-order valence-corrected chi connectivity index (χ4v) is 2.31. The third-order valence-corrected chi connectivity index (χ3v) is 3.86. The molecular formula is C19H30N2O4. The van der Waals surface area contributed by atoms with Crippen LogP contribution < -0.4 is 16.0 Å². The highest BCUT2D eigenvalue weighted by atomic mass is 16.6. The Morgan fingerprint density at radius 3 is 2.56 bits per heavy atom. The lowest BCUT2D eigenvalue weighted by atomic mass is 10.0. The minimum atomic E-state index is -1.04. The molecule has 0 aliphatic carbocycles. The molecule has 1 amide bonds. The summed E-state index contributed by atoms with van der Waals surface area (Å²) in [6.45, 7) is 7.81. The number of amides is 1. The smallest absolute Gasteiger partial charge is 0.349 e. The first kappa shape index (κ1) is 21.0. The van der Waals surface area contributed by atoms with Crippen LogP contribution in [0.25, 0.3) is 0 Å². The predicted molar refractivity (Wildman–Crippen MR) is 97.0 cm³/mol. The molecule has 0 heterocycles. The SMILES string of the molecule is CCCCOC(=O)C(C)(C)Oc1ccc(CCCC(=O)NN)cc1C. The van der Waals surface area contributed by atoms with Crippen molar-refractivity contribution in [2.45, 2.75) is 65.4 Å². The van der Waals surface area contributed by atoms with Gasteiger partial charge in [0, 0.05) is 6.42 Å². The third-order valence-electron chi connectivity index (χ3n) is 3.86. The van der Waals surface area contributed by atoms with Crippen LogP contribution in [0.15, 0.2) is 18.2 Å². The standard InChI is InChI=1S/C19H30N2O4/c1-5-6-12-24-18(23)19(3,4)25-16-11-10-15(13-14(16)2)8-7-9-17(22)21-20/h10-11,13H,5-9,12,20H2,1-4H3,(H,21,22). The quantitative estimate of drug-likeness (QED) is 0.223. The summed E-state index contributed by atoms with van der Waals surface area (Å²) in [5, 5.41) is 0. The normalized spacial score (nSPS) is 11.1. The average molecular weight is 350 g/mol. The van der Waals surface area contributed by atoms with Gasteiger partial charge in [0.15, 0.2) is 5.60 Å². The van der Waals surface area contributed by atoms with Crippen molar-refractivity contribution in [1.29, 1.82) is 0 Å². The van der Waals surface area contributed by atoms with Gasteiger partial charge in [-0.15, -0.1) is 0 Å². The van der Waals surface area contributed by atoms with Crippen molar-refractivity contribution in [3.63, 3.8) is 0 Å². The lowest BCUT2D eigenvalue weighted by Gasteiger charge is -2.25. The van der Waals surface area contributed by atoms with E-state index in [1.54, 1.807) is 13.8 Å². The minimum absolute atomic E-state index is 0.167. The number of unbranched alkanes of at least 4 members (excludes halogenated alkanes) is 1. The van der Waals surface area contributed by atoms with Gasteiger partial charge in [-0.05, 0) is 57.2 Å². The molecule has 0 radical (unpaired) electrons. The number of nitrogens with one attached hydrogen (secondary N) is 1. The van der Waals surface area contributed by atoms with E-state index in [0.717, 1.165) is 36.8 Å². The van der Waals surface area contributed by atoms with Gasteiger partial charge in [-0.25, -0.2) is 10.6 Å². The maximum atomic E-state index is 12.2. The summed E-state index contributed by atoms with van der Waals surface area (Å²) in [4.78, 5) is 23.3. The van der Waals surface area contributed by atoms with Crippen molar-refractivity contribution in [3.8, 4) is 5.75 Å². The summed E-state index contributed by atoms with van der Waals surface area (Å²) in [6, 6.07) is 5.81.